The molecule has 0 atom stereocenters. The molecule has 0 aliphatic rings. The molecular weight excluding hydrogens is 390 g/mol. The van der Waals surface area contributed by atoms with Crippen LogP contribution in [0.4, 0.5) is 5.69 Å². The van der Waals surface area contributed by atoms with Gasteiger partial charge in [0.05, 0.1) is 12.8 Å². The first-order valence-corrected chi connectivity index (χ1v) is 9.95. The zero-order valence-electron chi connectivity index (χ0n) is 17.4. The van der Waals surface area contributed by atoms with Crippen LogP contribution in [-0.4, -0.2) is 23.9 Å². The first-order chi connectivity index (χ1) is 15.0. The minimum absolute atomic E-state index is 0.268. The summed E-state index contributed by atoms with van der Waals surface area (Å²) in [5.74, 6) is 0.150. The number of anilines is 1. The second-order valence-electron chi connectivity index (χ2n) is 7.28. The number of nitrogens with one attached hydrogen (secondary N) is 3. The van der Waals surface area contributed by atoms with Gasteiger partial charge < -0.3 is 20.4 Å². The molecule has 0 aliphatic heterocycles. The Morgan fingerprint density at radius 1 is 0.935 bits per heavy atom. The summed E-state index contributed by atoms with van der Waals surface area (Å²) in [5, 5.41) is 6.61. The lowest BCUT2D eigenvalue weighted by Gasteiger charge is -2.10. The Bertz CT molecular complexity index is 1260. The highest BCUT2D eigenvalue weighted by Gasteiger charge is 2.20. The summed E-state index contributed by atoms with van der Waals surface area (Å²) in [4.78, 5) is 29.0. The smallest absolute Gasteiger partial charge is 0.270 e. The molecule has 0 unspecified atom stereocenters. The zero-order valence-corrected chi connectivity index (χ0v) is 17.4. The number of hydrogen-bond donors (Lipinski definition) is 3. The lowest BCUT2D eigenvalue weighted by atomic mass is 10.1. The molecule has 4 rings (SSSR count). The quantitative estimate of drug-likeness (QED) is 0.430. The van der Waals surface area contributed by atoms with Gasteiger partial charge in [-0.2, -0.15) is 0 Å². The highest BCUT2D eigenvalue weighted by atomic mass is 16.5. The number of hydrogen-bond acceptors (Lipinski definition) is 3. The van der Waals surface area contributed by atoms with Crippen LogP contribution < -0.4 is 15.4 Å². The summed E-state index contributed by atoms with van der Waals surface area (Å²) in [5.41, 5.74) is 3.98. The summed E-state index contributed by atoms with van der Waals surface area (Å²) in [7, 11) is 1.60. The summed E-state index contributed by atoms with van der Waals surface area (Å²) >= 11 is 0. The van der Waals surface area contributed by atoms with Crippen molar-refractivity contribution in [2.24, 2.45) is 0 Å². The number of carbonyl (C=O) groups excluding carboxylic acids is 2. The van der Waals surface area contributed by atoms with Crippen LogP contribution in [0.2, 0.25) is 0 Å². The Labute approximate surface area is 180 Å². The number of H-pyrrole nitrogens is 1. The van der Waals surface area contributed by atoms with Crippen molar-refractivity contribution in [1.82, 2.24) is 10.3 Å². The molecule has 3 N–H and O–H groups in total. The van der Waals surface area contributed by atoms with E-state index in [0.717, 1.165) is 27.8 Å². The van der Waals surface area contributed by atoms with Crippen molar-refractivity contribution >= 4 is 28.4 Å². The highest BCUT2D eigenvalue weighted by Crippen LogP contribution is 2.28. The second-order valence-corrected chi connectivity index (χ2v) is 7.28. The predicted octanol–water partition coefficient (Wildman–Crippen LogP) is 4.67. The fourth-order valence-corrected chi connectivity index (χ4v) is 3.47. The monoisotopic (exact) mass is 413 g/mol. The van der Waals surface area contributed by atoms with E-state index in [-0.39, 0.29) is 11.8 Å². The third-order valence-corrected chi connectivity index (χ3v) is 5.04. The number of methoxy groups -OCH3 is 1. The van der Waals surface area contributed by atoms with Crippen molar-refractivity contribution in [2.75, 3.05) is 12.4 Å². The minimum Gasteiger partial charge on any atom is -0.497 e. The SMILES string of the molecule is COc1cccc(CNC(=O)c2[nH]c3ccccc3c2NC(=O)c2cccc(C)c2)c1. The van der Waals surface area contributed by atoms with Crippen LogP contribution >= 0.6 is 0 Å². The normalized spacial score (nSPS) is 10.6. The molecule has 156 valence electrons. The van der Waals surface area contributed by atoms with Crippen molar-refractivity contribution in [1.29, 1.82) is 0 Å². The molecule has 0 spiro atoms. The second kappa shape index (κ2) is 8.75. The van der Waals surface area contributed by atoms with E-state index in [1.807, 2.05) is 73.7 Å². The average molecular weight is 413 g/mol. The average Bonchev–Trinajstić information content (AvgIpc) is 3.16. The number of amides is 2. The topological polar surface area (TPSA) is 83.2 Å². The zero-order chi connectivity index (χ0) is 21.8. The number of carbonyl (C=O) groups is 2. The van der Waals surface area contributed by atoms with Crippen LogP contribution in [0.5, 0.6) is 5.75 Å². The van der Waals surface area contributed by atoms with Gasteiger partial charge in [0.25, 0.3) is 11.8 Å². The number of aromatic nitrogens is 1. The van der Waals surface area contributed by atoms with Gasteiger partial charge in [0.1, 0.15) is 11.4 Å². The van der Waals surface area contributed by atoms with Gasteiger partial charge in [-0.3, -0.25) is 9.59 Å². The van der Waals surface area contributed by atoms with Crippen LogP contribution in [0.15, 0.2) is 72.8 Å². The molecule has 4 aromatic rings. The number of ether oxygens (including phenoxy) is 1. The van der Waals surface area contributed by atoms with Crippen LogP contribution in [-0.2, 0) is 6.54 Å². The van der Waals surface area contributed by atoms with Crippen molar-refractivity contribution < 1.29 is 14.3 Å². The molecule has 0 aliphatic carbocycles. The van der Waals surface area contributed by atoms with Gasteiger partial charge in [0.2, 0.25) is 0 Å². The van der Waals surface area contributed by atoms with Gasteiger partial charge in [-0.1, -0.05) is 48.0 Å². The standard InChI is InChI=1S/C25H23N3O3/c1-16-7-5-9-18(13-16)24(29)28-22-20-11-3-4-12-21(20)27-23(22)25(30)26-15-17-8-6-10-19(14-17)31-2/h3-14,27H,15H2,1-2H3,(H,26,30)(H,28,29). The van der Waals surface area contributed by atoms with Crippen molar-refractivity contribution in [2.45, 2.75) is 13.5 Å². The first kappa shape index (κ1) is 20.2. The van der Waals surface area contributed by atoms with E-state index in [2.05, 4.69) is 15.6 Å². The molecule has 0 saturated heterocycles. The fourth-order valence-electron chi connectivity index (χ4n) is 3.47. The molecule has 1 aromatic heterocycles. The lowest BCUT2D eigenvalue weighted by molar-refractivity contribution is 0.0947. The van der Waals surface area contributed by atoms with Gasteiger partial charge in [0, 0.05) is 23.0 Å². The lowest BCUT2D eigenvalue weighted by Crippen LogP contribution is -2.25. The highest BCUT2D eigenvalue weighted by molar-refractivity contribution is 6.15. The van der Waals surface area contributed by atoms with E-state index < -0.39 is 0 Å². The maximum atomic E-state index is 13.0. The van der Waals surface area contributed by atoms with E-state index in [1.54, 1.807) is 13.2 Å². The molecule has 1 heterocycles. The van der Waals surface area contributed by atoms with E-state index >= 15 is 0 Å². The van der Waals surface area contributed by atoms with Crippen LogP contribution in [0.25, 0.3) is 10.9 Å². The van der Waals surface area contributed by atoms with Gasteiger partial charge in [-0.25, -0.2) is 0 Å². The molecular formula is C25H23N3O3. The number of aromatic amines is 1. The molecule has 0 saturated carbocycles. The Hall–Kier alpha value is -4.06. The molecule has 0 fully saturated rings. The number of para-hydroxylation sites is 1. The Morgan fingerprint density at radius 3 is 2.55 bits per heavy atom. The van der Waals surface area contributed by atoms with Gasteiger partial charge >= 0.3 is 0 Å². The molecule has 3 aromatic carbocycles. The molecule has 6 heteroatoms. The molecule has 2 amide bonds. The third-order valence-electron chi connectivity index (χ3n) is 5.04. The van der Waals surface area contributed by atoms with Crippen molar-refractivity contribution in [3.05, 3.63) is 95.2 Å². The van der Waals surface area contributed by atoms with Crippen LogP contribution in [0.1, 0.15) is 32.0 Å². The summed E-state index contributed by atoms with van der Waals surface area (Å²) in [6.45, 7) is 2.26. The van der Waals surface area contributed by atoms with E-state index in [1.165, 1.54) is 0 Å². The predicted molar refractivity (Wildman–Crippen MR) is 122 cm³/mol. The van der Waals surface area contributed by atoms with E-state index in [9.17, 15) is 9.59 Å². The van der Waals surface area contributed by atoms with Crippen molar-refractivity contribution in [3.8, 4) is 5.75 Å². The summed E-state index contributed by atoms with van der Waals surface area (Å²) < 4.78 is 5.23. The first-order valence-electron chi connectivity index (χ1n) is 9.95. The summed E-state index contributed by atoms with van der Waals surface area (Å²) in [6, 6.07) is 22.3. The van der Waals surface area contributed by atoms with Crippen LogP contribution in [0, 0.1) is 6.92 Å². The largest absolute Gasteiger partial charge is 0.497 e. The van der Waals surface area contributed by atoms with E-state index in [4.69, 9.17) is 4.74 Å². The maximum absolute atomic E-state index is 13.0. The summed E-state index contributed by atoms with van der Waals surface area (Å²) in [6.07, 6.45) is 0. The Morgan fingerprint density at radius 2 is 1.74 bits per heavy atom. The molecule has 0 radical (unpaired) electrons. The molecule has 0 bridgehead atoms. The Balaban J connectivity index is 1.61. The number of aryl methyl sites for hydroxylation is 1. The number of fused-ring (bicyclic) bond motifs is 1. The molecule has 31 heavy (non-hydrogen) atoms. The fraction of sp³-hybridized carbons (Fsp3) is 0.120. The number of rotatable bonds is 6. The third kappa shape index (κ3) is 4.43. The van der Waals surface area contributed by atoms with E-state index in [0.29, 0.717) is 23.5 Å². The van der Waals surface area contributed by atoms with Crippen LogP contribution in [0.3, 0.4) is 0 Å². The van der Waals surface area contributed by atoms with Gasteiger partial charge in [-0.15, -0.1) is 0 Å². The Kier molecular flexibility index (Phi) is 5.71. The van der Waals surface area contributed by atoms with Gasteiger partial charge in [0.15, 0.2) is 0 Å². The minimum atomic E-state index is -0.307. The molecule has 6 nitrogen and oxygen atoms in total. The van der Waals surface area contributed by atoms with Gasteiger partial charge in [-0.05, 0) is 42.8 Å². The maximum Gasteiger partial charge on any atom is 0.270 e. The number of benzene rings is 3. The van der Waals surface area contributed by atoms with Crippen molar-refractivity contribution in [3.63, 3.8) is 0 Å².